The quantitative estimate of drug-likeness (QED) is 0.598. The molecule has 98 valence electrons. The first-order valence-corrected chi connectivity index (χ1v) is 6.43. The van der Waals surface area contributed by atoms with E-state index in [1.54, 1.807) is 12.3 Å². The van der Waals surface area contributed by atoms with Gasteiger partial charge in [0.05, 0.1) is 13.2 Å². The third-order valence-electron chi connectivity index (χ3n) is 3.11. The Morgan fingerprint density at radius 1 is 1.50 bits per heavy atom. The van der Waals surface area contributed by atoms with Crippen molar-refractivity contribution in [3.63, 3.8) is 0 Å². The van der Waals surface area contributed by atoms with Crippen LogP contribution in [0.4, 0.5) is 0 Å². The zero-order valence-corrected chi connectivity index (χ0v) is 10.8. The van der Waals surface area contributed by atoms with Gasteiger partial charge in [0.25, 0.3) is 0 Å². The number of aromatic nitrogens is 2. The Morgan fingerprint density at radius 3 is 2.94 bits per heavy atom. The number of carbonyl (C=O) groups excluding carboxylic acids is 1. The van der Waals surface area contributed by atoms with E-state index in [0.717, 1.165) is 32.2 Å². The lowest BCUT2D eigenvalue weighted by molar-refractivity contribution is -0.109. The minimum Gasteiger partial charge on any atom is -0.477 e. The number of ether oxygens (including phenoxy) is 1. The molecule has 0 aromatic carbocycles. The number of aldehydes is 1. The fourth-order valence-corrected chi connectivity index (χ4v) is 2.18. The van der Waals surface area contributed by atoms with Crippen LogP contribution in [0.25, 0.3) is 0 Å². The number of nitrogens with zero attached hydrogens (tertiary/aromatic N) is 3. The first kappa shape index (κ1) is 13.2. The van der Waals surface area contributed by atoms with Gasteiger partial charge in [0, 0.05) is 12.3 Å². The van der Waals surface area contributed by atoms with Crippen molar-refractivity contribution in [2.75, 3.05) is 26.2 Å². The normalized spacial score (nSPS) is 17.6. The van der Waals surface area contributed by atoms with Crippen LogP contribution in [-0.2, 0) is 4.79 Å². The molecule has 0 N–H and O–H groups in total. The molecule has 0 saturated carbocycles. The van der Waals surface area contributed by atoms with Crippen LogP contribution in [0.1, 0.15) is 12.8 Å². The molecule has 2 rings (SSSR count). The molecule has 2 heterocycles. The highest BCUT2D eigenvalue weighted by molar-refractivity contribution is 6.28. The minimum absolute atomic E-state index is 0.202. The summed E-state index contributed by atoms with van der Waals surface area (Å²) >= 11 is 5.68. The Labute approximate surface area is 111 Å². The van der Waals surface area contributed by atoms with Crippen molar-refractivity contribution in [2.24, 2.45) is 5.92 Å². The molecule has 1 aliphatic heterocycles. The molecule has 18 heavy (non-hydrogen) atoms. The molecule has 0 aliphatic carbocycles. The van der Waals surface area contributed by atoms with Gasteiger partial charge in [-0.1, -0.05) is 0 Å². The van der Waals surface area contributed by atoms with Crippen LogP contribution in [0.15, 0.2) is 12.3 Å². The van der Waals surface area contributed by atoms with E-state index in [2.05, 4.69) is 14.9 Å². The number of hydrogen-bond acceptors (Lipinski definition) is 5. The van der Waals surface area contributed by atoms with Crippen LogP contribution >= 0.6 is 11.6 Å². The van der Waals surface area contributed by atoms with Gasteiger partial charge in [-0.3, -0.25) is 4.90 Å². The Balaban J connectivity index is 1.73. The van der Waals surface area contributed by atoms with E-state index in [1.807, 2.05) is 0 Å². The second-order valence-corrected chi connectivity index (χ2v) is 4.72. The van der Waals surface area contributed by atoms with Crippen molar-refractivity contribution in [2.45, 2.75) is 12.8 Å². The zero-order chi connectivity index (χ0) is 12.8. The Hall–Kier alpha value is -1.20. The SMILES string of the molecule is O=CCN1CCC(COc2ccnc(Cl)n2)CC1. The van der Waals surface area contributed by atoms with Crippen LogP contribution in [0.3, 0.4) is 0 Å². The summed E-state index contributed by atoms with van der Waals surface area (Å²) in [6.45, 7) is 3.09. The molecule has 0 bridgehead atoms. The predicted octanol–water partition coefficient (Wildman–Crippen LogP) is 1.42. The number of halogens is 1. The smallest absolute Gasteiger partial charge is 0.225 e. The molecule has 6 heteroatoms. The number of hydrogen-bond donors (Lipinski definition) is 0. The van der Waals surface area contributed by atoms with Crippen LogP contribution in [-0.4, -0.2) is 47.4 Å². The van der Waals surface area contributed by atoms with E-state index < -0.39 is 0 Å². The van der Waals surface area contributed by atoms with Crippen molar-refractivity contribution in [1.82, 2.24) is 14.9 Å². The highest BCUT2D eigenvalue weighted by Crippen LogP contribution is 2.18. The Kier molecular flexibility index (Phi) is 4.90. The van der Waals surface area contributed by atoms with E-state index in [0.29, 0.717) is 24.9 Å². The average molecular weight is 270 g/mol. The summed E-state index contributed by atoms with van der Waals surface area (Å²) in [5.74, 6) is 1.03. The van der Waals surface area contributed by atoms with Crippen molar-refractivity contribution in [1.29, 1.82) is 0 Å². The number of carbonyl (C=O) groups is 1. The summed E-state index contributed by atoms with van der Waals surface area (Å²) < 4.78 is 5.60. The number of piperidine rings is 1. The van der Waals surface area contributed by atoms with E-state index in [4.69, 9.17) is 16.3 Å². The lowest BCUT2D eigenvalue weighted by Crippen LogP contribution is -2.36. The third-order valence-corrected chi connectivity index (χ3v) is 3.29. The average Bonchev–Trinajstić information content (AvgIpc) is 2.38. The summed E-state index contributed by atoms with van der Waals surface area (Å²) in [5.41, 5.74) is 0. The Morgan fingerprint density at radius 2 is 2.28 bits per heavy atom. The van der Waals surface area contributed by atoms with Gasteiger partial charge in [-0.15, -0.1) is 0 Å². The monoisotopic (exact) mass is 269 g/mol. The maximum absolute atomic E-state index is 10.4. The summed E-state index contributed by atoms with van der Waals surface area (Å²) in [4.78, 5) is 20.3. The van der Waals surface area contributed by atoms with Crippen molar-refractivity contribution in [3.05, 3.63) is 17.5 Å². The molecule has 1 saturated heterocycles. The molecule has 1 aromatic rings. The molecule has 1 fully saturated rings. The Bertz CT molecular complexity index is 395. The lowest BCUT2D eigenvalue weighted by Gasteiger charge is -2.30. The van der Waals surface area contributed by atoms with Gasteiger partial charge < -0.3 is 9.53 Å². The minimum atomic E-state index is 0.202. The van der Waals surface area contributed by atoms with E-state index in [9.17, 15) is 4.79 Å². The summed E-state index contributed by atoms with van der Waals surface area (Å²) in [6, 6.07) is 1.70. The fraction of sp³-hybridized carbons (Fsp3) is 0.583. The second kappa shape index (κ2) is 6.66. The van der Waals surface area contributed by atoms with Crippen molar-refractivity contribution in [3.8, 4) is 5.88 Å². The molecule has 0 radical (unpaired) electrons. The third kappa shape index (κ3) is 3.92. The van der Waals surface area contributed by atoms with Crippen molar-refractivity contribution < 1.29 is 9.53 Å². The first-order valence-electron chi connectivity index (χ1n) is 6.05. The topological polar surface area (TPSA) is 55.3 Å². The second-order valence-electron chi connectivity index (χ2n) is 4.39. The molecule has 0 atom stereocenters. The van der Waals surface area contributed by atoms with Gasteiger partial charge in [0.2, 0.25) is 11.2 Å². The predicted molar refractivity (Wildman–Crippen MR) is 67.8 cm³/mol. The molecule has 0 spiro atoms. The molecule has 1 aromatic heterocycles. The van der Waals surface area contributed by atoms with Gasteiger partial charge in [0.1, 0.15) is 6.29 Å². The molecular formula is C12H16ClN3O2. The van der Waals surface area contributed by atoms with E-state index in [-0.39, 0.29) is 5.28 Å². The first-order chi connectivity index (χ1) is 8.78. The van der Waals surface area contributed by atoms with Gasteiger partial charge in [-0.25, -0.2) is 4.98 Å². The fourth-order valence-electron chi connectivity index (χ4n) is 2.04. The summed E-state index contributed by atoms with van der Waals surface area (Å²) in [5, 5.41) is 0.202. The van der Waals surface area contributed by atoms with E-state index in [1.165, 1.54) is 0 Å². The largest absolute Gasteiger partial charge is 0.477 e. The summed E-state index contributed by atoms with van der Waals surface area (Å²) in [6.07, 6.45) is 4.64. The van der Waals surface area contributed by atoms with Crippen molar-refractivity contribution >= 4 is 17.9 Å². The van der Waals surface area contributed by atoms with E-state index >= 15 is 0 Å². The molecular weight excluding hydrogens is 254 g/mol. The van der Waals surface area contributed by atoms with Crippen LogP contribution < -0.4 is 4.74 Å². The number of rotatable bonds is 5. The molecule has 1 aliphatic rings. The van der Waals surface area contributed by atoms with Gasteiger partial charge in [0.15, 0.2) is 0 Å². The zero-order valence-electron chi connectivity index (χ0n) is 10.1. The standard InChI is InChI=1S/C12H16ClN3O2/c13-12-14-4-1-11(15-12)18-9-10-2-5-16(6-3-10)7-8-17/h1,4,8,10H,2-3,5-7,9H2. The van der Waals surface area contributed by atoms with Gasteiger partial charge >= 0.3 is 0 Å². The van der Waals surface area contributed by atoms with Gasteiger partial charge in [-0.2, -0.15) is 4.98 Å². The maximum atomic E-state index is 10.4. The highest BCUT2D eigenvalue weighted by Gasteiger charge is 2.19. The number of likely N-dealkylation sites (tertiary alicyclic amines) is 1. The molecule has 0 amide bonds. The summed E-state index contributed by atoms with van der Waals surface area (Å²) in [7, 11) is 0. The van der Waals surface area contributed by atoms with Crippen LogP contribution in [0, 0.1) is 5.92 Å². The molecule has 5 nitrogen and oxygen atoms in total. The maximum Gasteiger partial charge on any atom is 0.225 e. The lowest BCUT2D eigenvalue weighted by atomic mass is 9.98. The van der Waals surface area contributed by atoms with Crippen LogP contribution in [0.2, 0.25) is 5.28 Å². The van der Waals surface area contributed by atoms with Crippen LogP contribution in [0.5, 0.6) is 5.88 Å². The van der Waals surface area contributed by atoms with Gasteiger partial charge in [-0.05, 0) is 43.5 Å². The molecule has 0 unspecified atom stereocenters. The highest BCUT2D eigenvalue weighted by atomic mass is 35.5.